The molecule has 0 saturated heterocycles. The predicted molar refractivity (Wildman–Crippen MR) is 255 cm³/mol. The third-order valence-corrected chi connectivity index (χ3v) is 14.0. The van der Waals surface area contributed by atoms with E-state index in [1.165, 1.54) is 36.5 Å². The molecule has 4 aromatic heterocycles. The van der Waals surface area contributed by atoms with Crippen molar-refractivity contribution in [3.05, 3.63) is 182 Å². The average Bonchev–Trinajstić information content (AvgIpc) is 4.04. The van der Waals surface area contributed by atoms with Gasteiger partial charge in [0.05, 0.1) is 15.8 Å². The van der Waals surface area contributed by atoms with Crippen molar-refractivity contribution in [3.8, 4) is 55.9 Å². The van der Waals surface area contributed by atoms with Gasteiger partial charge in [-0.1, -0.05) is 146 Å². The fraction of sp³-hybridized carbons (Fsp3) is 0. The summed E-state index contributed by atoms with van der Waals surface area (Å²) < 4.78 is 10.1. The summed E-state index contributed by atoms with van der Waals surface area (Å²) >= 11 is 3.54. The van der Waals surface area contributed by atoms with Gasteiger partial charge in [-0.3, -0.25) is 0 Å². The first-order valence-electron chi connectivity index (χ1n) is 20.2. The van der Waals surface area contributed by atoms with E-state index in [2.05, 4.69) is 170 Å². The average molecular weight is 815 g/mol. The Bertz CT molecular complexity index is 3800. The van der Waals surface area contributed by atoms with Crippen molar-refractivity contribution in [2.75, 3.05) is 0 Å². The van der Waals surface area contributed by atoms with Crippen molar-refractivity contribution in [2.24, 2.45) is 0 Å². The van der Waals surface area contributed by atoms with Crippen LogP contribution in [0, 0.1) is 0 Å². The van der Waals surface area contributed by atoms with E-state index >= 15 is 0 Å². The first-order valence-corrected chi connectivity index (χ1v) is 21.8. The van der Waals surface area contributed by atoms with Crippen LogP contribution >= 0.6 is 22.7 Å². The van der Waals surface area contributed by atoms with Crippen molar-refractivity contribution in [1.82, 2.24) is 19.9 Å². The molecule has 13 rings (SSSR count). The van der Waals surface area contributed by atoms with E-state index in [1.54, 1.807) is 11.3 Å². The fourth-order valence-corrected chi connectivity index (χ4v) is 11.0. The Hall–Kier alpha value is -7.58. The molecule has 5 nitrogen and oxygen atoms in total. The lowest BCUT2D eigenvalue weighted by molar-refractivity contribution is 0.670. The highest BCUT2D eigenvalue weighted by Crippen LogP contribution is 2.47. The number of fused-ring (bicyclic) bond motifs is 10. The molecule has 0 radical (unpaired) electrons. The molecule has 0 unspecified atom stereocenters. The van der Waals surface area contributed by atoms with Crippen LogP contribution in [0.15, 0.2) is 186 Å². The lowest BCUT2D eigenvalue weighted by Crippen LogP contribution is -2.00. The molecule has 0 saturated carbocycles. The van der Waals surface area contributed by atoms with Gasteiger partial charge in [-0.05, 0) is 63.5 Å². The number of thiophene rings is 1. The van der Waals surface area contributed by atoms with E-state index in [1.807, 2.05) is 23.5 Å². The largest absolute Gasteiger partial charge is 0.455 e. The molecule has 0 spiro atoms. The molecule has 0 N–H and O–H groups in total. The van der Waals surface area contributed by atoms with Gasteiger partial charge in [0.2, 0.25) is 0 Å². The summed E-state index contributed by atoms with van der Waals surface area (Å²) in [4.78, 5) is 20.7. The zero-order valence-electron chi connectivity index (χ0n) is 32.3. The van der Waals surface area contributed by atoms with Crippen LogP contribution < -0.4 is 0 Å². The molecule has 0 aliphatic heterocycles. The molecule has 0 amide bonds. The standard InChI is InChI=1S/C54H30N4OS2/c1-3-12-35-28-37(26-20-31(35)10-1)52-56-51(57-53(58-52)38-27-21-32-11-2-4-13-36(32)29-38)34-24-22-33(23-25-34)43-30-46-48(47-41-15-6-8-19-45(41)60-50(43)47)55-54(61-46)42-17-9-16-40-39-14-5-7-18-44(39)59-49(40)42/h1-30H. The maximum Gasteiger partial charge on any atom is 0.164 e. The summed E-state index contributed by atoms with van der Waals surface area (Å²) in [5.74, 6) is 1.90. The quantitative estimate of drug-likeness (QED) is 0.173. The Morgan fingerprint density at radius 3 is 1.67 bits per heavy atom. The second-order valence-corrected chi connectivity index (χ2v) is 17.5. The summed E-state index contributed by atoms with van der Waals surface area (Å²) in [6.07, 6.45) is 0. The molecule has 13 aromatic rings. The molecule has 61 heavy (non-hydrogen) atoms. The third-order valence-electron chi connectivity index (χ3n) is 11.7. The van der Waals surface area contributed by atoms with Gasteiger partial charge < -0.3 is 4.42 Å². The van der Waals surface area contributed by atoms with E-state index in [0.29, 0.717) is 17.5 Å². The fourth-order valence-electron chi connectivity index (χ4n) is 8.74. The van der Waals surface area contributed by atoms with Gasteiger partial charge >= 0.3 is 0 Å². The Labute approximate surface area is 356 Å². The number of thiazole rings is 1. The third kappa shape index (κ3) is 5.59. The number of benzene rings is 9. The van der Waals surface area contributed by atoms with Crippen molar-refractivity contribution in [1.29, 1.82) is 0 Å². The van der Waals surface area contributed by atoms with Crippen molar-refractivity contribution >= 4 is 96.5 Å². The van der Waals surface area contributed by atoms with Crippen LogP contribution in [0.4, 0.5) is 0 Å². The molecule has 284 valence electrons. The summed E-state index contributed by atoms with van der Waals surface area (Å²) in [5, 5.41) is 10.2. The van der Waals surface area contributed by atoms with Gasteiger partial charge in [-0.25, -0.2) is 19.9 Å². The van der Waals surface area contributed by atoms with Crippen LogP contribution in [-0.4, -0.2) is 19.9 Å². The first kappa shape index (κ1) is 34.3. The van der Waals surface area contributed by atoms with E-state index < -0.39 is 0 Å². The normalized spacial score (nSPS) is 11.9. The number of hydrogen-bond acceptors (Lipinski definition) is 7. The Balaban J connectivity index is 0.958. The molecular weight excluding hydrogens is 785 g/mol. The first-order chi connectivity index (χ1) is 30.2. The summed E-state index contributed by atoms with van der Waals surface area (Å²) in [6.45, 7) is 0. The lowest BCUT2D eigenvalue weighted by atomic mass is 10.0. The van der Waals surface area contributed by atoms with E-state index in [0.717, 1.165) is 75.8 Å². The minimum absolute atomic E-state index is 0.627. The van der Waals surface area contributed by atoms with E-state index in [9.17, 15) is 0 Å². The highest BCUT2D eigenvalue weighted by Gasteiger charge is 2.21. The minimum Gasteiger partial charge on any atom is -0.455 e. The molecule has 0 atom stereocenters. The molecule has 0 bridgehead atoms. The van der Waals surface area contributed by atoms with Gasteiger partial charge in [-0.15, -0.1) is 22.7 Å². The molecule has 0 fully saturated rings. The molecule has 0 aliphatic carbocycles. The molecule has 0 aliphatic rings. The van der Waals surface area contributed by atoms with E-state index in [-0.39, 0.29) is 0 Å². The van der Waals surface area contributed by atoms with Gasteiger partial charge in [0.1, 0.15) is 16.2 Å². The van der Waals surface area contributed by atoms with Gasteiger partial charge in [0.25, 0.3) is 0 Å². The minimum atomic E-state index is 0.627. The Morgan fingerprint density at radius 2 is 0.951 bits per heavy atom. The number of rotatable bonds is 5. The monoisotopic (exact) mass is 814 g/mol. The van der Waals surface area contributed by atoms with E-state index in [4.69, 9.17) is 24.4 Å². The van der Waals surface area contributed by atoms with Gasteiger partial charge in [0, 0.05) is 53.2 Å². The maximum absolute atomic E-state index is 6.47. The topological polar surface area (TPSA) is 64.7 Å². The summed E-state index contributed by atoms with van der Waals surface area (Å²) in [7, 11) is 0. The van der Waals surface area contributed by atoms with Crippen LogP contribution in [0.25, 0.3) is 130 Å². The van der Waals surface area contributed by atoms with Crippen LogP contribution in [0.1, 0.15) is 0 Å². The Kier molecular flexibility index (Phi) is 7.58. The predicted octanol–water partition coefficient (Wildman–Crippen LogP) is 15.4. The SMILES string of the molecule is c1ccc2cc(-c3nc(-c4ccc(-c5cc6sc(-c7cccc8c7oc7ccccc78)nc6c6c5sc5ccccc56)cc4)nc(-c4ccc5ccccc5c4)n3)ccc2c1. The van der Waals surface area contributed by atoms with Crippen LogP contribution in [0.2, 0.25) is 0 Å². The van der Waals surface area contributed by atoms with Crippen LogP contribution in [0.3, 0.4) is 0 Å². The van der Waals surface area contributed by atoms with Crippen molar-refractivity contribution < 1.29 is 4.42 Å². The lowest BCUT2D eigenvalue weighted by Gasteiger charge is -2.11. The zero-order chi connectivity index (χ0) is 40.0. The van der Waals surface area contributed by atoms with Gasteiger partial charge in [-0.2, -0.15) is 0 Å². The smallest absolute Gasteiger partial charge is 0.164 e. The molecule has 9 aromatic carbocycles. The Morgan fingerprint density at radius 1 is 0.377 bits per heavy atom. The van der Waals surface area contributed by atoms with Gasteiger partial charge in [0.15, 0.2) is 17.5 Å². The highest BCUT2D eigenvalue weighted by atomic mass is 32.1. The van der Waals surface area contributed by atoms with Crippen LogP contribution in [-0.2, 0) is 0 Å². The number of aromatic nitrogens is 4. The highest BCUT2D eigenvalue weighted by molar-refractivity contribution is 7.27. The molecular formula is C54H30N4OS2. The number of hydrogen-bond donors (Lipinski definition) is 0. The number of furan rings is 1. The maximum atomic E-state index is 6.47. The number of para-hydroxylation sites is 2. The van der Waals surface area contributed by atoms with Crippen LogP contribution in [0.5, 0.6) is 0 Å². The molecule has 4 heterocycles. The van der Waals surface area contributed by atoms with Crippen molar-refractivity contribution in [3.63, 3.8) is 0 Å². The summed E-state index contributed by atoms with van der Waals surface area (Å²) in [5.41, 5.74) is 8.90. The summed E-state index contributed by atoms with van der Waals surface area (Å²) in [6, 6.07) is 63.8. The zero-order valence-corrected chi connectivity index (χ0v) is 34.0. The van der Waals surface area contributed by atoms with Crippen molar-refractivity contribution in [2.45, 2.75) is 0 Å². The molecule has 7 heteroatoms. The second kappa shape index (κ2) is 13.5. The second-order valence-electron chi connectivity index (χ2n) is 15.4. The number of nitrogens with zero attached hydrogens (tertiary/aromatic N) is 4.